The number of allylic oxidation sites excluding steroid dienone is 1. The molecule has 0 saturated heterocycles. The molecule has 15 heavy (non-hydrogen) atoms. The fourth-order valence-electron chi connectivity index (χ4n) is 2.19. The van der Waals surface area contributed by atoms with Crippen molar-refractivity contribution in [3.63, 3.8) is 0 Å². The summed E-state index contributed by atoms with van der Waals surface area (Å²) in [6.07, 6.45) is 5.44. The zero-order valence-corrected chi connectivity index (χ0v) is 8.66. The molecule has 0 fully saturated rings. The summed E-state index contributed by atoms with van der Waals surface area (Å²) in [5.41, 5.74) is 2.77. The highest BCUT2D eigenvalue weighted by Crippen LogP contribution is 2.30. The number of methoxy groups -OCH3 is 1. The third-order valence-corrected chi connectivity index (χ3v) is 3.00. The number of hydrogen-bond acceptors (Lipinski definition) is 1. The molecule has 0 aliphatic heterocycles. The van der Waals surface area contributed by atoms with Gasteiger partial charge in [-0.25, -0.2) is 0 Å². The zero-order chi connectivity index (χ0) is 10.3. The molecule has 1 aliphatic carbocycles. The van der Waals surface area contributed by atoms with Crippen molar-refractivity contribution in [3.05, 3.63) is 47.5 Å². The van der Waals surface area contributed by atoms with Gasteiger partial charge in [0.05, 0.1) is 7.11 Å². The van der Waals surface area contributed by atoms with Gasteiger partial charge in [-0.15, -0.1) is 0 Å². The Morgan fingerprint density at radius 2 is 2.00 bits per heavy atom. The van der Waals surface area contributed by atoms with Crippen LogP contribution in [0.15, 0.2) is 36.4 Å². The average Bonchev–Trinajstić information content (AvgIpc) is 2.76. The minimum absolute atomic E-state index is 0.933. The summed E-state index contributed by atoms with van der Waals surface area (Å²) < 4.78 is 5.26. The molecule has 2 aromatic rings. The molecule has 0 unspecified atom stereocenters. The van der Waals surface area contributed by atoms with Gasteiger partial charge in [-0.05, 0) is 40.5 Å². The highest BCUT2D eigenvalue weighted by atomic mass is 16.5. The lowest BCUT2D eigenvalue weighted by Crippen LogP contribution is -1.87. The predicted octanol–water partition coefficient (Wildman–Crippen LogP) is 3.42. The van der Waals surface area contributed by atoms with E-state index in [1.165, 1.54) is 21.9 Å². The van der Waals surface area contributed by atoms with Gasteiger partial charge in [-0.1, -0.05) is 30.4 Å². The maximum Gasteiger partial charge on any atom is 0.119 e. The minimum Gasteiger partial charge on any atom is -0.497 e. The van der Waals surface area contributed by atoms with Crippen LogP contribution in [0.1, 0.15) is 11.1 Å². The van der Waals surface area contributed by atoms with Gasteiger partial charge in [-0.2, -0.15) is 0 Å². The normalized spacial score (nSPS) is 13.1. The summed E-state index contributed by atoms with van der Waals surface area (Å²) in [5.74, 6) is 0.933. The van der Waals surface area contributed by atoms with Crippen LogP contribution in [-0.2, 0) is 6.42 Å². The first-order chi connectivity index (χ1) is 7.38. The van der Waals surface area contributed by atoms with Crippen LogP contribution >= 0.6 is 0 Å². The van der Waals surface area contributed by atoms with Crippen molar-refractivity contribution < 1.29 is 4.74 Å². The topological polar surface area (TPSA) is 9.23 Å². The molecule has 1 heteroatoms. The van der Waals surface area contributed by atoms with E-state index < -0.39 is 0 Å². The van der Waals surface area contributed by atoms with Crippen molar-refractivity contribution in [1.29, 1.82) is 0 Å². The second kappa shape index (κ2) is 3.13. The first-order valence-electron chi connectivity index (χ1n) is 5.14. The SMILES string of the molecule is COc1ccc2ccc3c(c2c1)CC=C3. The van der Waals surface area contributed by atoms with E-state index >= 15 is 0 Å². The van der Waals surface area contributed by atoms with Crippen molar-refractivity contribution in [2.75, 3.05) is 7.11 Å². The molecule has 74 valence electrons. The van der Waals surface area contributed by atoms with Gasteiger partial charge in [-0.3, -0.25) is 0 Å². The van der Waals surface area contributed by atoms with E-state index in [1.807, 2.05) is 6.07 Å². The zero-order valence-electron chi connectivity index (χ0n) is 8.66. The fourth-order valence-corrected chi connectivity index (χ4v) is 2.19. The van der Waals surface area contributed by atoms with Crippen molar-refractivity contribution in [1.82, 2.24) is 0 Å². The molecule has 0 saturated carbocycles. The molecule has 0 N–H and O–H groups in total. The average molecular weight is 196 g/mol. The van der Waals surface area contributed by atoms with Gasteiger partial charge >= 0.3 is 0 Å². The summed E-state index contributed by atoms with van der Waals surface area (Å²) in [5, 5.41) is 2.61. The second-order valence-electron chi connectivity index (χ2n) is 3.83. The lowest BCUT2D eigenvalue weighted by atomic mass is 10.0. The molecule has 0 atom stereocenters. The first-order valence-corrected chi connectivity index (χ1v) is 5.14. The standard InChI is InChI=1S/C14H12O/c1-15-12-8-7-11-6-5-10-3-2-4-13(10)14(11)9-12/h2-3,5-9H,4H2,1H3. The third-order valence-electron chi connectivity index (χ3n) is 3.00. The molecule has 0 heterocycles. The molecule has 0 bridgehead atoms. The predicted molar refractivity (Wildman–Crippen MR) is 63.2 cm³/mol. The van der Waals surface area contributed by atoms with Gasteiger partial charge in [0.1, 0.15) is 5.75 Å². The van der Waals surface area contributed by atoms with E-state index in [2.05, 4.69) is 36.4 Å². The number of rotatable bonds is 1. The maximum absolute atomic E-state index is 5.26. The van der Waals surface area contributed by atoms with Crippen molar-refractivity contribution in [2.24, 2.45) is 0 Å². The third kappa shape index (κ3) is 1.23. The van der Waals surface area contributed by atoms with E-state index in [9.17, 15) is 0 Å². The monoisotopic (exact) mass is 196 g/mol. The van der Waals surface area contributed by atoms with Crippen LogP contribution in [0.4, 0.5) is 0 Å². The second-order valence-corrected chi connectivity index (χ2v) is 3.83. The Hall–Kier alpha value is -1.76. The van der Waals surface area contributed by atoms with Gasteiger partial charge < -0.3 is 4.74 Å². The number of ether oxygens (including phenoxy) is 1. The quantitative estimate of drug-likeness (QED) is 0.679. The van der Waals surface area contributed by atoms with Crippen LogP contribution in [0.5, 0.6) is 5.75 Å². The van der Waals surface area contributed by atoms with E-state index in [0.717, 1.165) is 12.2 Å². The van der Waals surface area contributed by atoms with E-state index in [-0.39, 0.29) is 0 Å². The van der Waals surface area contributed by atoms with Crippen LogP contribution < -0.4 is 4.74 Å². The van der Waals surface area contributed by atoms with Crippen molar-refractivity contribution in [3.8, 4) is 5.75 Å². The number of hydrogen-bond donors (Lipinski definition) is 0. The summed E-state index contributed by atoms with van der Waals surface area (Å²) in [7, 11) is 1.71. The van der Waals surface area contributed by atoms with Crippen LogP contribution in [0, 0.1) is 0 Å². The van der Waals surface area contributed by atoms with Gasteiger partial charge in [0.2, 0.25) is 0 Å². The summed E-state index contributed by atoms with van der Waals surface area (Å²) in [4.78, 5) is 0. The molecule has 0 radical (unpaired) electrons. The summed E-state index contributed by atoms with van der Waals surface area (Å²) >= 11 is 0. The Labute approximate surface area is 89.0 Å². The van der Waals surface area contributed by atoms with Crippen LogP contribution in [-0.4, -0.2) is 7.11 Å². The number of fused-ring (bicyclic) bond motifs is 3. The van der Waals surface area contributed by atoms with Crippen LogP contribution in [0.3, 0.4) is 0 Å². The van der Waals surface area contributed by atoms with E-state index in [1.54, 1.807) is 7.11 Å². The molecule has 0 spiro atoms. The largest absolute Gasteiger partial charge is 0.497 e. The van der Waals surface area contributed by atoms with Gasteiger partial charge in [0, 0.05) is 0 Å². The molecule has 0 aromatic heterocycles. The molecule has 1 nitrogen and oxygen atoms in total. The van der Waals surface area contributed by atoms with Gasteiger partial charge in [0.15, 0.2) is 0 Å². The van der Waals surface area contributed by atoms with Crippen molar-refractivity contribution >= 4 is 16.8 Å². The molecular formula is C14H12O. The smallest absolute Gasteiger partial charge is 0.119 e. The molecule has 3 rings (SSSR count). The van der Waals surface area contributed by atoms with E-state index in [0.29, 0.717) is 0 Å². The molecular weight excluding hydrogens is 184 g/mol. The van der Waals surface area contributed by atoms with Crippen LogP contribution in [0.2, 0.25) is 0 Å². The Morgan fingerprint density at radius 1 is 1.13 bits per heavy atom. The van der Waals surface area contributed by atoms with Gasteiger partial charge in [0.25, 0.3) is 0 Å². The highest BCUT2D eigenvalue weighted by molar-refractivity contribution is 5.91. The Kier molecular flexibility index (Phi) is 1.78. The lowest BCUT2D eigenvalue weighted by molar-refractivity contribution is 0.415. The number of benzene rings is 2. The molecule has 2 aromatic carbocycles. The van der Waals surface area contributed by atoms with Crippen LogP contribution in [0.25, 0.3) is 16.8 Å². The van der Waals surface area contributed by atoms with E-state index in [4.69, 9.17) is 4.74 Å². The first kappa shape index (κ1) is 8.54. The Bertz CT molecular complexity index is 553. The minimum atomic E-state index is 0.933. The Morgan fingerprint density at radius 3 is 2.87 bits per heavy atom. The highest BCUT2D eigenvalue weighted by Gasteiger charge is 2.09. The fraction of sp³-hybridized carbons (Fsp3) is 0.143. The Balaban J connectivity index is 2.34. The summed E-state index contributed by atoms with van der Waals surface area (Å²) in [6, 6.07) is 10.6. The lowest BCUT2D eigenvalue weighted by Gasteiger charge is -2.07. The molecule has 0 amide bonds. The van der Waals surface area contributed by atoms with Crippen molar-refractivity contribution in [2.45, 2.75) is 6.42 Å². The summed E-state index contributed by atoms with van der Waals surface area (Å²) in [6.45, 7) is 0. The molecule has 1 aliphatic rings. The maximum atomic E-state index is 5.26.